The van der Waals surface area contributed by atoms with Crippen molar-refractivity contribution < 1.29 is 5.11 Å². The fraction of sp³-hybridized carbons (Fsp3) is 0.357. The van der Waals surface area contributed by atoms with Crippen molar-refractivity contribution in [3.8, 4) is 5.75 Å². The Hall–Kier alpha value is -1.57. The lowest BCUT2D eigenvalue weighted by Gasteiger charge is -2.08. The summed E-state index contributed by atoms with van der Waals surface area (Å²) in [7, 11) is 0. The van der Waals surface area contributed by atoms with Gasteiger partial charge in [0, 0.05) is 16.5 Å². The van der Waals surface area contributed by atoms with Crippen molar-refractivity contribution in [2.75, 3.05) is 0 Å². The fourth-order valence-electron chi connectivity index (χ4n) is 1.86. The zero-order valence-electron chi connectivity index (χ0n) is 9.77. The minimum atomic E-state index is 0.267. The zero-order chi connectivity index (χ0) is 11.5. The highest BCUT2D eigenvalue weighted by Gasteiger charge is 2.06. The maximum absolute atomic E-state index is 9.71. The summed E-state index contributed by atoms with van der Waals surface area (Å²) in [6.07, 6.45) is 3.65. The van der Waals surface area contributed by atoms with Gasteiger partial charge in [-0.15, -0.1) is 0 Å². The van der Waals surface area contributed by atoms with Crippen molar-refractivity contribution in [2.45, 2.75) is 26.7 Å². The van der Waals surface area contributed by atoms with Crippen LogP contribution >= 0.6 is 0 Å². The third-order valence-corrected chi connectivity index (χ3v) is 2.82. The number of aromatic hydroxyl groups is 1. The van der Waals surface area contributed by atoms with Crippen LogP contribution in [-0.2, 0) is 6.42 Å². The summed E-state index contributed by atoms with van der Waals surface area (Å²) in [4.78, 5) is 4.33. The molecule has 0 aliphatic carbocycles. The van der Waals surface area contributed by atoms with Gasteiger partial charge in [-0.3, -0.25) is 4.98 Å². The molecule has 84 valence electrons. The van der Waals surface area contributed by atoms with Gasteiger partial charge in [-0.25, -0.2) is 0 Å². The average Bonchev–Trinajstić information content (AvgIpc) is 2.28. The first kappa shape index (κ1) is 10.9. The van der Waals surface area contributed by atoms with Crippen molar-refractivity contribution in [3.63, 3.8) is 0 Å². The molecule has 0 amide bonds. The van der Waals surface area contributed by atoms with E-state index in [0.717, 1.165) is 29.3 Å². The highest BCUT2D eigenvalue weighted by atomic mass is 16.3. The van der Waals surface area contributed by atoms with Gasteiger partial charge in [0.05, 0.1) is 6.20 Å². The maximum atomic E-state index is 9.71. The monoisotopic (exact) mass is 215 g/mol. The lowest BCUT2D eigenvalue weighted by molar-refractivity contribution is 0.478. The molecule has 0 saturated heterocycles. The van der Waals surface area contributed by atoms with Crippen molar-refractivity contribution >= 4 is 10.8 Å². The van der Waals surface area contributed by atoms with E-state index in [-0.39, 0.29) is 5.75 Å². The molecule has 1 aromatic carbocycles. The van der Waals surface area contributed by atoms with Crippen LogP contribution in [-0.4, -0.2) is 10.1 Å². The quantitative estimate of drug-likeness (QED) is 0.849. The van der Waals surface area contributed by atoms with Crippen LogP contribution in [0.25, 0.3) is 10.8 Å². The van der Waals surface area contributed by atoms with Crippen molar-refractivity contribution in [1.82, 2.24) is 4.98 Å². The van der Waals surface area contributed by atoms with E-state index >= 15 is 0 Å². The number of aryl methyl sites for hydroxylation is 1. The summed E-state index contributed by atoms with van der Waals surface area (Å²) in [6, 6.07) is 7.89. The van der Waals surface area contributed by atoms with E-state index in [4.69, 9.17) is 0 Å². The number of pyridine rings is 1. The third-order valence-electron chi connectivity index (χ3n) is 2.82. The molecular weight excluding hydrogens is 198 g/mol. The molecule has 1 aromatic heterocycles. The highest BCUT2D eigenvalue weighted by molar-refractivity contribution is 5.89. The standard InChI is InChI=1S/C14H17NO/c1-10(2)7-8-13-11-5-3-4-6-12(11)14(16)9-15-13/h3-6,9-10,16H,7-8H2,1-2H3. The molecule has 16 heavy (non-hydrogen) atoms. The predicted octanol–water partition coefficient (Wildman–Crippen LogP) is 3.53. The van der Waals surface area contributed by atoms with Gasteiger partial charge in [0.1, 0.15) is 5.75 Å². The van der Waals surface area contributed by atoms with Crippen LogP contribution in [0, 0.1) is 5.92 Å². The fourth-order valence-corrected chi connectivity index (χ4v) is 1.86. The lowest BCUT2D eigenvalue weighted by Crippen LogP contribution is -1.96. The maximum Gasteiger partial charge on any atom is 0.141 e. The van der Waals surface area contributed by atoms with Gasteiger partial charge in [0.15, 0.2) is 0 Å². The van der Waals surface area contributed by atoms with Gasteiger partial charge in [0.25, 0.3) is 0 Å². The smallest absolute Gasteiger partial charge is 0.141 e. The number of hydrogen-bond donors (Lipinski definition) is 1. The SMILES string of the molecule is CC(C)CCc1ncc(O)c2ccccc12. The molecule has 0 atom stereocenters. The second-order valence-corrected chi connectivity index (χ2v) is 4.57. The Morgan fingerprint density at radius 2 is 1.88 bits per heavy atom. The predicted molar refractivity (Wildman–Crippen MR) is 66.6 cm³/mol. The summed E-state index contributed by atoms with van der Waals surface area (Å²) in [6.45, 7) is 4.42. The number of hydrogen-bond acceptors (Lipinski definition) is 2. The molecule has 1 N–H and O–H groups in total. The molecule has 2 rings (SSSR count). The van der Waals surface area contributed by atoms with E-state index in [2.05, 4.69) is 18.8 Å². The van der Waals surface area contributed by atoms with Crippen LogP contribution in [0.3, 0.4) is 0 Å². The molecule has 0 spiro atoms. The van der Waals surface area contributed by atoms with Gasteiger partial charge in [-0.2, -0.15) is 0 Å². The van der Waals surface area contributed by atoms with Gasteiger partial charge < -0.3 is 5.11 Å². The molecule has 0 fully saturated rings. The normalized spacial score (nSPS) is 11.2. The van der Waals surface area contributed by atoms with E-state index in [1.54, 1.807) is 6.20 Å². The molecule has 1 heterocycles. The van der Waals surface area contributed by atoms with Crippen LogP contribution in [0.15, 0.2) is 30.5 Å². The van der Waals surface area contributed by atoms with Gasteiger partial charge in [0.2, 0.25) is 0 Å². The molecule has 0 saturated carbocycles. The Labute approximate surface area is 96.0 Å². The highest BCUT2D eigenvalue weighted by Crippen LogP contribution is 2.26. The Kier molecular flexibility index (Phi) is 3.09. The second kappa shape index (κ2) is 4.52. The summed E-state index contributed by atoms with van der Waals surface area (Å²) in [5.41, 5.74) is 1.09. The first-order valence-corrected chi connectivity index (χ1v) is 5.74. The Bertz CT molecular complexity index is 491. The molecule has 2 heteroatoms. The third kappa shape index (κ3) is 2.16. The zero-order valence-corrected chi connectivity index (χ0v) is 9.77. The van der Waals surface area contributed by atoms with Crippen LogP contribution in [0.4, 0.5) is 0 Å². The van der Waals surface area contributed by atoms with E-state index in [0.29, 0.717) is 5.92 Å². The minimum Gasteiger partial charge on any atom is -0.506 e. The molecule has 2 nitrogen and oxygen atoms in total. The number of benzene rings is 1. The first-order valence-electron chi connectivity index (χ1n) is 5.74. The second-order valence-electron chi connectivity index (χ2n) is 4.57. The van der Waals surface area contributed by atoms with Gasteiger partial charge >= 0.3 is 0 Å². The Balaban J connectivity index is 2.42. The average molecular weight is 215 g/mol. The molecule has 0 unspecified atom stereocenters. The first-order chi connectivity index (χ1) is 7.68. The summed E-state index contributed by atoms with van der Waals surface area (Å²) in [5.74, 6) is 0.943. The lowest BCUT2D eigenvalue weighted by atomic mass is 10.0. The van der Waals surface area contributed by atoms with Crippen LogP contribution in [0.2, 0.25) is 0 Å². The topological polar surface area (TPSA) is 33.1 Å². The number of nitrogens with zero attached hydrogens (tertiary/aromatic N) is 1. The molecular formula is C14H17NO. The molecule has 0 aliphatic heterocycles. The molecule has 0 aliphatic rings. The number of fused-ring (bicyclic) bond motifs is 1. The van der Waals surface area contributed by atoms with Gasteiger partial charge in [-0.1, -0.05) is 38.1 Å². The minimum absolute atomic E-state index is 0.267. The largest absolute Gasteiger partial charge is 0.506 e. The molecule has 2 aromatic rings. The molecule has 0 radical (unpaired) electrons. The Morgan fingerprint density at radius 3 is 2.56 bits per heavy atom. The van der Waals surface area contributed by atoms with E-state index in [1.807, 2.05) is 24.3 Å². The van der Waals surface area contributed by atoms with Crippen LogP contribution in [0.1, 0.15) is 26.0 Å². The van der Waals surface area contributed by atoms with E-state index in [9.17, 15) is 5.11 Å². The van der Waals surface area contributed by atoms with Crippen molar-refractivity contribution in [1.29, 1.82) is 0 Å². The van der Waals surface area contributed by atoms with Gasteiger partial charge in [-0.05, 0) is 18.8 Å². The van der Waals surface area contributed by atoms with Crippen LogP contribution < -0.4 is 0 Å². The van der Waals surface area contributed by atoms with Crippen LogP contribution in [0.5, 0.6) is 5.75 Å². The van der Waals surface area contributed by atoms with Crippen molar-refractivity contribution in [2.24, 2.45) is 5.92 Å². The molecule has 0 bridgehead atoms. The van der Waals surface area contributed by atoms with E-state index in [1.165, 1.54) is 0 Å². The summed E-state index contributed by atoms with van der Waals surface area (Å²) in [5, 5.41) is 11.7. The number of aromatic nitrogens is 1. The summed E-state index contributed by atoms with van der Waals surface area (Å²) >= 11 is 0. The van der Waals surface area contributed by atoms with Crippen molar-refractivity contribution in [3.05, 3.63) is 36.2 Å². The summed E-state index contributed by atoms with van der Waals surface area (Å²) < 4.78 is 0. The number of rotatable bonds is 3. The Morgan fingerprint density at radius 1 is 1.19 bits per heavy atom. The van der Waals surface area contributed by atoms with E-state index < -0.39 is 0 Å².